The predicted octanol–water partition coefficient (Wildman–Crippen LogP) is 4.29. The third-order valence-electron chi connectivity index (χ3n) is 5.19. The van der Waals surface area contributed by atoms with Crippen molar-refractivity contribution in [2.24, 2.45) is 0 Å². The number of methoxy groups -OCH3 is 1. The fourth-order valence-corrected chi connectivity index (χ4v) is 4.11. The smallest absolute Gasteiger partial charge is 0.272 e. The van der Waals surface area contributed by atoms with Crippen LogP contribution >= 0.6 is 11.3 Å². The molecular formula is C25H23N3O4S. The van der Waals surface area contributed by atoms with Gasteiger partial charge < -0.3 is 20.3 Å². The zero-order valence-electron chi connectivity index (χ0n) is 18.0. The summed E-state index contributed by atoms with van der Waals surface area (Å²) >= 11 is 1.46. The number of nitrogens with zero attached hydrogens (tertiary/aromatic N) is 1. The zero-order chi connectivity index (χ0) is 23.2. The van der Waals surface area contributed by atoms with E-state index in [0.717, 1.165) is 17.0 Å². The first-order chi connectivity index (χ1) is 16.0. The van der Waals surface area contributed by atoms with Gasteiger partial charge in [0.2, 0.25) is 5.91 Å². The van der Waals surface area contributed by atoms with Crippen molar-refractivity contribution in [1.29, 1.82) is 0 Å². The second-order valence-electron chi connectivity index (χ2n) is 7.41. The van der Waals surface area contributed by atoms with Crippen molar-refractivity contribution in [2.45, 2.75) is 12.8 Å². The van der Waals surface area contributed by atoms with Crippen LogP contribution in [0.3, 0.4) is 0 Å². The number of ether oxygens (including phenoxy) is 1. The molecule has 0 aliphatic carbocycles. The number of amides is 3. The Morgan fingerprint density at radius 2 is 1.82 bits per heavy atom. The molecule has 8 heteroatoms. The molecule has 0 radical (unpaired) electrons. The lowest BCUT2D eigenvalue weighted by atomic mass is 10.2. The maximum Gasteiger partial charge on any atom is 0.272 e. The van der Waals surface area contributed by atoms with Crippen LogP contribution in [0.1, 0.15) is 28.1 Å². The van der Waals surface area contributed by atoms with E-state index < -0.39 is 11.8 Å². The maximum atomic E-state index is 13.0. The quantitative estimate of drug-likeness (QED) is 0.514. The highest BCUT2D eigenvalue weighted by Crippen LogP contribution is 2.23. The van der Waals surface area contributed by atoms with Crippen molar-refractivity contribution < 1.29 is 19.1 Å². The van der Waals surface area contributed by atoms with E-state index in [2.05, 4.69) is 10.6 Å². The summed E-state index contributed by atoms with van der Waals surface area (Å²) in [7, 11) is 1.55. The van der Waals surface area contributed by atoms with Crippen molar-refractivity contribution >= 4 is 46.5 Å². The van der Waals surface area contributed by atoms with Gasteiger partial charge in [-0.15, -0.1) is 11.3 Å². The number of hydrogen-bond acceptors (Lipinski definition) is 5. The van der Waals surface area contributed by atoms with E-state index in [9.17, 15) is 14.4 Å². The Labute approximate surface area is 195 Å². The van der Waals surface area contributed by atoms with Gasteiger partial charge in [-0.1, -0.05) is 6.07 Å². The minimum absolute atomic E-state index is 0.106. The molecule has 1 saturated heterocycles. The molecule has 1 aromatic heterocycles. The van der Waals surface area contributed by atoms with E-state index in [1.165, 1.54) is 11.3 Å². The second-order valence-corrected chi connectivity index (χ2v) is 8.39. The molecule has 0 bridgehead atoms. The van der Waals surface area contributed by atoms with Crippen molar-refractivity contribution in [3.05, 3.63) is 82.2 Å². The van der Waals surface area contributed by atoms with Gasteiger partial charge in [-0.05, 0) is 72.5 Å². The number of benzene rings is 2. The lowest BCUT2D eigenvalue weighted by Gasteiger charge is -2.16. The molecule has 3 amide bonds. The molecule has 1 aliphatic rings. The topological polar surface area (TPSA) is 87.7 Å². The fraction of sp³-hybridized carbons (Fsp3) is 0.160. The van der Waals surface area contributed by atoms with Crippen LogP contribution in [0.25, 0.3) is 6.08 Å². The zero-order valence-corrected chi connectivity index (χ0v) is 18.9. The van der Waals surface area contributed by atoms with Crippen LogP contribution in [-0.2, 0) is 9.59 Å². The average Bonchev–Trinajstić information content (AvgIpc) is 3.51. The summed E-state index contributed by atoms with van der Waals surface area (Å²) in [5, 5.41) is 7.43. The summed E-state index contributed by atoms with van der Waals surface area (Å²) in [6.45, 7) is 0.704. The Bertz CT molecular complexity index is 1170. The molecule has 3 aromatic rings. The van der Waals surface area contributed by atoms with Gasteiger partial charge in [0.15, 0.2) is 0 Å². The molecule has 0 unspecified atom stereocenters. The van der Waals surface area contributed by atoms with Gasteiger partial charge in [-0.3, -0.25) is 14.4 Å². The molecule has 7 nitrogen and oxygen atoms in total. The molecule has 2 heterocycles. The molecule has 168 valence electrons. The Morgan fingerprint density at radius 3 is 2.42 bits per heavy atom. The van der Waals surface area contributed by atoms with Gasteiger partial charge in [0.1, 0.15) is 11.4 Å². The summed E-state index contributed by atoms with van der Waals surface area (Å²) in [5.41, 5.74) is 1.89. The highest BCUT2D eigenvalue weighted by atomic mass is 32.1. The van der Waals surface area contributed by atoms with Crippen LogP contribution in [-0.4, -0.2) is 31.4 Å². The van der Waals surface area contributed by atoms with E-state index in [1.54, 1.807) is 66.6 Å². The summed E-state index contributed by atoms with van der Waals surface area (Å²) in [6, 6.07) is 17.5. The SMILES string of the molecule is COc1ccc(C(=O)N/C(=C\c2cccs2)C(=O)Nc2ccc(N3CCCC3=O)cc2)cc1. The molecule has 1 aliphatic heterocycles. The number of thiophene rings is 1. The Hall–Kier alpha value is -3.91. The van der Waals surface area contributed by atoms with Gasteiger partial charge in [-0.2, -0.15) is 0 Å². The molecule has 1 fully saturated rings. The average molecular weight is 462 g/mol. The van der Waals surface area contributed by atoms with Crippen LogP contribution < -0.4 is 20.3 Å². The first kappa shape index (κ1) is 22.3. The highest BCUT2D eigenvalue weighted by molar-refractivity contribution is 7.10. The van der Waals surface area contributed by atoms with Crippen molar-refractivity contribution in [3.8, 4) is 5.75 Å². The number of rotatable bonds is 7. The molecule has 2 N–H and O–H groups in total. The van der Waals surface area contributed by atoms with E-state index in [1.807, 2.05) is 17.5 Å². The van der Waals surface area contributed by atoms with Crippen LogP contribution in [0.5, 0.6) is 5.75 Å². The minimum Gasteiger partial charge on any atom is -0.497 e. The lowest BCUT2D eigenvalue weighted by Crippen LogP contribution is -2.30. The van der Waals surface area contributed by atoms with Gasteiger partial charge in [-0.25, -0.2) is 0 Å². The highest BCUT2D eigenvalue weighted by Gasteiger charge is 2.21. The first-order valence-electron chi connectivity index (χ1n) is 10.5. The number of hydrogen-bond donors (Lipinski definition) is 2. The number of anilines is 2. The molecule has 33 heavy (non-hydrogen) atoms. The normalized spacial score (nSPS) is 13.7. The monoisotopic (exact) mass is 461 g/mol. The molecule has 0 spiro atoms. The number of nitrogens with one attached hydrogen (secondary N) is 2. The van der Waals surface area contributed by atoms with Crippen LogP contribution in [0.15, 0.2) is 71.7 Å². The molecule has 2 aromatic carbocycles. The van der Waals surface area contributed by atoms with E-state index in [4.69, 9.17) is 4.74 Å². The van der Waals surface area contributed by atoms with Gasteiger partial charge >= 0.3 is 0 Å². The summed E-state index contributed by atoms with van der Waals surface area (Å²) < 4.78 is 5.12. The Kier molecular flexibility index (Phi) is 6.85. The Balaban J connectivity index is 1.50. The van der Waals surface area contributed by atoms with Crippen molar-refractivity contribution in [3.63, 3.8) is 0 Å². The molecule has 0 saturated carbocycles. The minimum atomic E-state index is -0.449. The van der Waals surface area contributed by atoms with Crippen LogP contribution in [0.2, 0.25) is 0 Å². The van der Waals surface area contributed by atoms with Gasteiger partial charge in [0.25, 0.3) is 11.8 Å². The molecular weight excluding hydrogens is 438 g/mol. The summed E-state index contributed by atoms with van der Waals surface area (Å²) in [4.78, 5) is 40.3. The molecule has 0 atom stereocenters. The van der Waals surface area contributed by atoms with E-state index in [-0.39, 0.29) is 11.6 Å². The predicted molar refractivity (Wildman–Crippen MR) is 129 cm³/mol. The van der Waals surface area contributed by atoms with Crippen LogP contribution in [0, 0.1) is 0 Å². The lowest BCUT2D eigenvalue weighted by molar-refractivity contribution is -0.117. The third kappa shape index (κ3) is 5.48. The maximum absolute atomic E-state index is 13.0. The number of carbonyl (C=O) groups excluding carboxylic acids is 3. The standard InChI is InChI=1S/C25H23N3O4S/c1-32-20-12-6-17(7-13-20)24(30)27-22(16-21-4-3-15-33-21)25(31)26-18-8-10-19(11-9-18)28-14-2-5-23(28)29/h3-4,6-13,15-16H,2,5,14H2,1H3,(H,26,31)(H,27,30)/b22-16-. The second kappa shape index (κ2) is 10.1. The first-order valence-corrected chi connectivity index (χ1v) is 11.3. The fourth-order valence-electron chi connectivity index (χ4n) is 3.46. The largest absolute Gasteiger partial charge is 0.497 e. The summed E-state index contributed by atoms with van der Waals surface area (Å²) in [5.74, 6) is -0.110. The third-order valence-corrected chi connectivity index (χ3v) is 6.00. The van der Waals surface area contributed by atoms with Crippen molar-refractivity contribution in [2.75, 3.05) is 23.9 Å². The molecule has 4 rings (SSSR count). The number of carbonyl (C=O) groups is 3. The Morgan fingerprint density at radius 1 is 1.06 bits per heavy atom. The van der Waals surface area contributed by atoms with E-state index >= 15 is 0 Å². The van der Waals surface area contributed by atoms with Crippen LogP contribution in [0.4, 0.5) is 11.4 Å². The van der Waals surface area contributed by atoms with Gasteiger partial charge in [0, 0.05) is 34.8 Å². The van der Waals surface area contributed by atoms with E-state index in [0.29, 0.717) is 30.0 Å². The van der Waals surface area contributed by atoms with Crippen molar-refractivity contribution in [1.82, 2.24) is 5.32 Å². The van der Waals surface area contributed by atoms with Gasteiger partial charge in [0.05, 0.1) is 7.11 Å². The summed E-state index contributed by atoms with van der Waals surface area (Å²) in [6.07, 6.45) is 3.05.